The van der Waals surface area contributed by atoms with Gasteiger partial charge >= 0.3 is 0 Å². The molecular formula is C27H34F2N4O5S. The number of hydrogen-bond donors (Lipinski definition) is 3. The number of carbonyl (C=O) groups is 1. The molecule has 3 fully saturated rings. The summed E-state index contributed by atoms with van der Waals surface area (Å²) >= 11 is 0. The van der Waals surface area contributed by atoms with Gasteiger partial charge in [-0.15, -0.1) is 0 Å². The molecule has 1 saturated heterocycles. The second-order valence-corrected chi connectivity index (χ2v) is 13.0. The number of benzene rings is 1. The monoisotopic (exact) mass is 564 g/mol. The van der Waals surface area contributed by atoms with E-state index in [1.54, 1.807) is 12.3 Å². The number of hydrogen-bond acceptors (Lipinski definition) is 6. The third-order valence-corrected chi connectivity index (χ3v) is 9.72. The number of halogens is 2. The summed E-state index contributed by atoms with van der Waals surface area (Å²) in [6, 6.07) is 5.40. The first-order valence-electron chi connectivity index (χ1n) is 13.4. The Morgan fingerprint density at radius 1 is 1.05 bits per heavy atom. The lowest BCUT2D eigenvalue weighted by molar-refractivity contribution is -0.0442. The van der Waals surface area contributed by atoms with Crippen molar-refractivity contribution in [2.75, 3.05) is 35.1 Å². The van der Waals surface area contributed by atoms with Crippen molar-refractivity contribution < 1.29 is 27.1 Å². The third-order valence-electron chi connectivity index (χ3n) is 8.47. The zero-order valence-corrected chi connectivity index (χ0v) is 22.5. The van der Waals surface area contributed by atoms with Crippen molar-refractivity contribution in [1.82, 2.24) is 4.57 Å². The topological polar surface area (TPSA) is 135 Å². The number of piperidine rings is 1. The number of amides is 1. The van der Waals surface area contributed by atoms with E-state index in [-0.39, 0.29) is 42.5 Å². The summed E-state index contributed by atoms with van der Waals surface area (Å²) in [4.78, 5) is 27.5. The molecule has 2 saturated carbocycles. The summed E-state index contributed by atoms with van der Waals surface area (Å²) in [7, 11) is -3.94. The summed E-state index contributed by atoms with van der Waals surface area (Å²) < 4.78 is 57.0. The number of alkyl halides is 2. The van der Waals surface area contributed by atoms with E-state index in [1.165, 1.54) is 35.6 Å². The van der Waals surface area contributed by atoms with Gasteiger partial charge in [-0.05, 0) is 62.1 Å². The molecule has 3 aliphatic rings. The predicted molar refractivity (Wildman–Crippen MR) is 145 cm³/mol. The van der Waals surface area contributed by atoms with E-state index in [2.05, 4.69) is 4.72 Å². The van der Waals surface area contributed by atoms with Gasteiger partial charge in [-0.3, -0.25) is 14.3 Å². The lowest BCUT2D eigenvalue weighted by atomic mass is 9.90. The number of pyridine rings is 1. The highest BCUT2D eigenvalue weighted by Crippen LogP contribution is 2.55. The normalized spacial score (nSPS) is 20.6. The van der Waals surface area contributed by atoms with Crippen LogP contribution in [0.15, 0.2) is 35.3 Å². The van der Waals surface area contributed by atoms with Gasteiger partial charge in [-0.25, -0.2) is 17.2 Å². The summed E-state index contributed by atoms with van der Waals surface area (Å²) in [5.41, 5.74) is 7.49. The lowest BCUT2D eigenvalue weighted by Crippen LogP contribution is -2.36. The minimum atomic E-state index is -3.94. The van der Waals surface area contributed by atoms with Crippen molar-refractivity contribution in [3.05, 3.63) is 46.4 Å². The van der Waals surface area contributed by atoms with Crippen molar-refractivity contribution >= 4 is 27.3 Å². The van der Waals surface area contributed by atoms with Crippen LogP contribution in [-0.4, -0.2) is 55.4 Å². The predicted octanol–water partition coefficient (Wildman–Crippen LogP) is 3.48. The Morgan fingerprint density at radius 2 is 1.72 bits per heavy atom. The smallest absolute Gasteiger partial charge is 0.250 e. The maximum absolute atomic E-state index is 13.8. The highest BCUT2D eigenvalue weighted by Gasteiger charge is 2.45. The van der Waals surface area contributed by atoms with Gasteiger partial charge < -0.3 is 20.3 Å². The van der Waals surface area contributed by atoms with Crippen molar-refractivity contribution in [1.29, 1.82) is 0 Å². The lowest BCUT2D eigenvalue weighted by Gasteiger charge is -2.36. The summed E-state index contributed by atoms with van der Waals surface area (Å²) in [5, 5.41) is 9.26. The number of nitrogens with one attached hydrogen (secondary N) is 1. The molecule has 2 aromatic rings. The number of nitrogens with two attached hydrogens (primary N) is 1. The van der Waals surface area contributed by atoms with E-state index in [1.807, 2.05) is 4.90 Å². The third kappa shape index (κ3) is 5.81. The molecule has 9 nitrogen and oxygen atoms in total. The molecule has 1 spiro atoms. The Labute approximate surface area is 226 Å². The zero-order chi connectivity index (χ0) is 28.0. The minimum absolute atomic E-state index is 0.134. The molecule has 39 heavy (non-hydrogen) atoms. The van der Waals surface area contributed by atoms with Crippen LogP contribution in [-0.2, 0) is 10.0 Å². The number of aliphatic hydroxyl groups excluding tert-OH is 1. The molecule has 2 aliphatic carbocycles. The van der Waals surface area contributed by atoms with Crippen LogP contribution in [0.2, 0.25) is 0 Å². The number of carbonyl (C=O) groups excluding carboxylic acids is 1. The molecule has 2 heterocycles. The maximum Gasteiger partial charge on any atom is 0.250 e. The van der Waals surface area contributed by atoms with Crippen LogP contribution in [0.1, 0.15) is 67.8 Å². The minimum Gasteiger partial charge on any atom is -0.395 e. The average Bonchev–Trinajstić information content (AvgIpc) is 3.63. The Hall–Kier alpha value is -2.99. The number of anilines is 2. The van der Waals surface area contributed by atoms with Crippen LogP contribution in [0.4, 0.5) is 20.2 Å². The van der Waals surface area contributed by atoms with Crippen LogP contribution < -0.4 is 20.9 Å². The zero-order valence-electron chi connectivity index (χ0n) is 21.7. The molecule has 1 aromatic carbocycles. The van der Waals surface area contributed by atoms with E-state index in [4.69, 9.17) is 5.73 Å². The molecule has 1 amide bonds. The molecule has 0 bridgehead atoms. The van der Waals surface area contributed by atoms with Gasteiger partial charge in [-0.1, -0.05) is 0 Å². The van der Waals surface area contributed by atoms with Gasteiger partial charge in [-0.2, -0.15) is 0 Å². The van der Waals surface area contributed by atoms with E-state index in [0.717, 1.165) is 12.8 Å². The average molecular weight is 565 g/mol. The molecule has 0 unspecified atom stereocenters. The van der Waals surface area contributed by atoms with Crippen LogP contribution in [0.25, 0.3) is 11.1 Å². The van der Waals surface area contributed by atoms with Crippen LogP contribution in [0, 0.1) is 5.41 Å². The van der Waals surface area contributed by atoms with E-state index in [9.17, 15) is 31.9 Å². The summed E-state index contributed by atoms with van der Waals surface area (Å²) in [6.07, 6.45) is 5.39. The van der Waals surface area contributed by atoms with E-state index >= 15 is 0 Å². The number of aliphatic hydroxyl groups is 1. The quantitative estimate of drug-likeness (QED) is 0.449. The fourth-order valence-corrected chi connectivity index (χ4v) is 6.80. The van der Waals surface area contributed by atoms with Crippen LogP contribution in [0.3, 0.4) is 0 Å². The van der Waals surface area contributed by atoms with Gasteiger partial charge in [0.2, 0.25) is 15.9 Å². The van der Waals surface area contributed by atoms with Gasteiger partial charge in [0.25, 0.3) is 11.5 Å². The first kappa shape index (κ1) is 27.6. The Balaban J connectivity index is 1.65. The fraction of sp³-hybridized carbons (Fsp3) is 0.556. The van der Waals surface area contributed by atoms with Crippen molar-refractivity contribution in [2.45, 2.75) is 63.3 Å². The van der Waals surface area contributed by atoms with Gasteiger partial charge in [0.15, 0.2) is 0 Å². The first-order valence-corrected chi connectivity index (χ1v) is 15.0. The summed E-state index contributed by atoms with van der Waals surface area (Å²) in [5.74, 6) is -3.96. The first-order chi connectivity index (χ1) is 18.4. The van der Waals surface area contributed by atoms with Crippen molar-refractivity contribution in [3.63, 3.8) is 0 Å². The number of sulfonamides is 1. The highest BCUT2D eigenvalue weighted by atomic mass is 32.2. The maximum atomic E-state index is 13.8. The van der Waals surface area contributed by atoms with E-state index in [0.29, 0.717) is 35.3 Å². The van der Waals surface area contributed by atoms with E-state index < -0.39 is 40.3 Å². The van der Waals surface area contributed by atoms with Crippen LogP contribution in [0.5, 0.6) is 0 Å². The molecular weight excluding hydrogens is 530 g/mol. The second kappa shape index (κ2) is 10.2. The molecule has 0 radical (unpaired) electrons. The van der Waals surface area contributed by atoms with Gasteiger partial charge in [0.05, 0.1) is 29.3 Å². The van der Waals surface area contributed by atoms with Gasteiger partial charge in [0.1, 0.15) is 0 Å². The Morgan fingerprint density at radius 3 is 2.31 bits per heavy atom. The molecule has 1 aromatic heterocycles. The molecule has 212 valence electrons. The molecule has 12 heteroatoms. The Kier molecular flexibility index (Phi) is 7.21. The second-order valence-electron chi connectivity index (χ2n) is 11.1. The molecule has 5 rings (SSSR count). The Bertz CT molecular complexity index is 1420. The summed E-state index contributed by atoms with van der Waals surface area (Å²) in [6.45, 7) is 0.719. The van der Waals surface area contributed by atoms with Crippen LogP contribution >= 0.6 is 0 Å². The van der Waals surface area contributed by atoms with Crippen molar-refractivity contribution in [3.8, 4) is 11.1 Å². The number of primary amides is 1. The number of aromatic nitrogens is 1. The molecule has 1 aliphatic heterocycles. The molecule has 4 N–H and O–H groups in total. The number of nitrogens with zero attached hydrogens (tertiary/aromatic N) is 2. The largest absolute Gasteiger partial charge is 0.395 e. The fourth-order valence-electron chi connectivity index (χ4n) is 5.96. The standard InChI is InChI=1S/C27H34F2N4O5S/c28-27(29)7-5-19(6-8-27)33-17-18(1-4-22(33)35)23-21(31-39(37,38)16-15-34)3-2-20(25(30)36)24(23)32-13-11-26(9-10-26)12-14-32/h1-4,17,19,31,34H,5-16H2,(H2,30,36). The molecule has 0 atom stereocenters. The SMILES string of the molecule is NC(=O)c1ccc(NS(=O)(=O)CCO)c(-c2ccc(=O)n(C3CCC(F)(F)CC3)c2)c1N1CCC2(CC1)CC2. The van der Waals surface area contributed by atoms with Gasteiger partial charge in [0, 0.05) is 55.4 Å². The van der Waals surface area contributed by atoms with Crippen molar-refractivity contribution in [2.24, 2.45) is 11.1 Å². The number of rotatable bonds is 8. The highest BCUT2D eigenvalue weighted by molar-refractivity contribution is 7.92.